The summed E-state index contributed by atoms with van der Waals surface area (Å²) in [6.45, 7) is 4.41. The minimum absolute atomic E-state index is 0.205. The topological polar surface area (TPSA) is 134 Å². The molecule has 6 N–H and O–H groups in total. The van der Waals surface area contributed by atoms with Crippen LogP contribution in [0.4, 0.5) is 9.59 Å². The molecule has 0 spiro atoms. The molecule has 8 heteroatoms. The van der Waals surface area contributed by atoms with E-state index in [0.29, 0.717) is 0 Å². The van der Waals surface area contributed by atoms with Crippen LogP contribution in [-0.4, -0.2) is 53.2 Å². The summed E-state index contributed by atoms with van der Waals surface area (Å²) >= 11 is 0. The van der Waals surface area contributed by atoms with Gasteiger partial charge in [0.15, 0.2) is 0 Å². The molecule has 2 amide bonds. The molecule has 0 aliphatic heterocycles. The number of ether oxygens (including phenoxy) is 1. The summed E-state index contributed by atoms with van der Waals surface area (Å²) in [5.41, 5.74) is 3.14. The Morgan fingerprint density at radius 2 is 1.72 bits per heavy atom. The molecule has 0 fully saturated rings. The third-order valence-electron chi connectivity index (χ3n) is 1.91. The zero-order chi connectivity index (χ0) is 14.4. The number of alkyl carbamates (subject to hydrolysis) is 1. The second kappa shape index (κ2) is 6.41. The van der Waals surface area contributed by atoms with Crippen LogP contribution in [0.1, 0.15) is 20.8 Å². The van der Waals surface area contributed by atoms with E-state index in [4.69, 9.17) is 15.6 Å². The zero-order valence-electron chi connectivity index (χ0n) is 10.8. The van der Waals surface area contributed by atoms with Gasteiger partial charge in [0.2, 0.25) is 0 Å². The fourth-order valence-corrected chi connectivity index (χ4v) is 0.998. The molecule has 0 saturated carbocycles. The highest BCUT2D eigenvalue weighted by Crippen LogP contribution is 2.07. The van der Waals surface area contributed by atoms with Crippen molar-refractivity contribution >= 4 is 12.2 Å². The summed E-state index contributed by atoms with van der Waals surface area (Å²) in [5.74, 6) is 0. The number of rotatable bonds is 5. The van der Waals surface area contributed by atoms with Crippen molar-refractivity contribution in [3.8, 4) is 0 Å². The van der Waals surface area contributed by atoms with Crippen LogP contribution in [0.3, 0.4) is 0 Å². The number of nitrogens with one attached hydrogen (secondary N) is 2. The van der Waals surface area contributed by atoms with Gasteiger partial charge in [0.25, 0.3) is 0 Å². The lowest BCUT2D eigenvalue weighted by Crippen LogP contribution is -2.55. The van der Waals surface area contributed by atoms with Crippen molar-refractivity contribution in [3.05, 3.63) is 0 Å². The number of hydrogen-bond donors (Lipinski definition) is 5. The van der Waals surface area contributed by atoms with Crippen molar-refractivity contribution in [2.75, 3.05) is 19.6 Å². The largest absolute Gasteiger partial charge is 0.465 e. The minimum Gasteiger partial charge on any atom is -0.465 e. The number of nitrogens with two attached hydrogens (primary N) is 1. The summed E-state index contributed by atoms with van der Waals surface area (Å²) in [6, 6.07) is 0. The van der Waals surface area contributed by atoms with Crippen LogP contribution >= 0.6 is 0 Å². The maximum absolute atomic E-state index is 11.3. The molecule has 106 valence electrons. The van der Waals surface area contributed by atoms with Crippen molar-refractivity contribution in [1.82, 2.24) is 10.6 Å². The molecule has 0 saturated heterocycles. The third kappa shape index (κ3) is 7.69. The van der Waals surface area contributed by atoms with Gasteiger partial charge in [-0.15, -0.1) is 0 Å². The van der Waals surface area contributed by atoms with Crippen molar-refractivity contribution in [2.24, 2.45) is 5.73 Å². The molecule has 18 heavy (non-hydrogen) atoms. The Labute approximate surface area is 105 Å². The average Bonchev–Trinajstić information content (AvgIpc) is 2.21. The minimum atomic E-state index is -1.55. The van der Waals surface area contributed by atoms with Gasteiger partial charge >= 0.3 is 12.2 Å². The lowest BCUT2D eigenvalue weighted by atomic mass is 10.1. The number of aliphatic hydroxyl groups is 1. The molecule has 8 nitrogen and oxygen atoms in total. The summed E-state index contributed by atoms with van der Waals surface area (Å²) in [7, 11) is 0. The van der Waals surface area contributed by atoms with Gasteiger partial charge in [-0.05, 0) is 20.8 Å². The van der Waals surface area contributed by atoms with E-state index in [9.17, 15) is 14.7 Å². The molecule has 0 rings (SSSR count). The van der Waals surface area contributed by atoms with Gasteiger partial charge in [-0.25, -0.2) is 9.59 Å². The van der Waals surface area contributed by atoms with E-state index in [1.165, 1.54) is 0 Å². The van der Waals surface area contributed by atoms with Crippen LogP contribution in [0.25, 0.3) is 0 Å². The number of carbonyl (C=O) groups is 2. The van der Waals surface area contributed by atoms with Gasteiger partial charge < -0.3 is 31.3 Å². The fraction of sp³-hybridized carbons (Fsp3) is 0.800. The van der Waals surface area contributed by atoms with Crippen LogP contribution in [0.15, 0.2) is 0 Å². The van der Waals surface area contributed by atoms with E-state index < -0.39 is 23.4 Å². The maximum atomic E-state index is 11.3. The number of hydrogen-bond acceptors (Lipinski definition) is 5. The SMILES string of the molecule is CC(C)(C)OC(=O)NCC(O)(CN)CNC(=O)O. The highest BCUT2D eigenvalue weighted by Gasteiger charge is 2.27. The number of carbonyl (C=O) groups excluding carboxylic acids is 1. The first-order chi connectivity index (χ1) is 8.08. The molecule has 0 aromatic carbocycles. The highest BCUT2D eigenvalue weighted by molar-refractivity contribution is 5.68. The van der Waals surface area contributed by atoms with E-state index in [-0.39, 0.29) is 19.6 Å². The average molecular weight is 263 g/mol. The summed E-state index contributed by atoms with van der Waals surface area (Å²) < 4.78 is 4.96. The van der Waals surface area contributed by atoms with Crippen LogP contribution in [0.2, 0.25) is 0 Å². The summed E-state index contributed by atoms with van der Waals surface area (Å²) in [4.78, 5) is 21.7. The monoisotopic (exact) mass is 263 g/mol. The molecule has 0 aromatic heterocycles. The first kappa shape index (κ1) is 16.5. The van der Waals surface area contributed by atoms with Crippen molar-refractivity contribution < 1.29 is 24.5 Å². The molecule has 1 unspecified atom stereocenters. The molecular formula is C10H21N3O5. The van der Waals surface area contributed by atoms with Crippen LogP contribution in [0.5, 0.6) is 0 Å². The number of amides is 2. The first-order valence-electron chi connectivity index (χ1n) is 5.44. The Kier molecular flexibility index (Phi) is 5.86. The van der Waals surface area contributed by atoms with E-state index in [2.05, 4.69) is 5.32 Å². The quantitative estimate of drug-likeness (QED) is 0.452. The maximum Gasteiger partial charge on any atom is 0.407 e. The zero-order valence-corrected chi connectivity index (χ0v) is 10.8. The van der Waals surface area contributed by atoms with Gasteiger partial charge in [0.05, 0.1) is 13.1 Å². The summed E-state index contributed by atoms with van der Waals surface area (Å²) in [5, 5.41) is 22.7. The van der Waals surface area contributed by atoms with Crippen molar-refractivity contribution in [1.29, 1.82) is 0 Å². The molecule has 0 heterocycles. The van der Waals surface area contributed by atoms with E-state index in [1.54, 1.807) is 20.8 Å². The highest BCUT2D eigenvalue weighted by atomic mass is 16.6. The van der Waals surface area contributed by atoms with E-state index in [1.807, 2.05) is 5.32 Å². The van der Waals surface area contributed by atoms with Crippen molar-refractivity contribution in [2.45, 2.75) is 32.0 Å². The van der Waals surface area contributed by atoms with Gasteiger partial charge in [0.1, 0.15) is 11.2 Å². The Hall–Kier alpha value is -1.54. The fourth-order valence-electron chi connectivity index (χ4n) is 0.998. The molecule has 1 atom stereocenters. The van der Waals surface area contributed by atoms with E-state index in [0.717, 1.165) is 0 Å². The normalized spacial score (nSPS) is 14.5. The Morgan fingerprint density at radius 3 is 2.11 bits per heavy atom. The van der Waals surface area contributed by atoms with Gasteiger partial charge in [0, 0.05) is 6.54 Å². The molecular weight excluding hydrogens is 242 g/mol. The van der Waals surface area contributed by atoms with E-state index >= 15 is 0 Å². The van der Waals surface area contributed by atoms with Gasteiger partial charge in [-0.3, -0.25) is 0 Å². The van der Waals surface area contributed by atoms with Crippen molar-refractivity contribution in [3.63, 3.8) is 0 Å². The Bertz CT molecular complexity index is 302. The summed E-state index contributed by atoms with van der Waals surface area (Å²) in [6.07, 6.45) is -1.98. The first-order valence-corrected chi connectivity index (χ1v) is 5.44. The second-order valence-electron chi connectivity index (χ2n) is 4.94. The molecule has 0 bridgehead atoms. The molecule has 0 aliphatic carbocycles. The van der Waals surface area contributed by atoms with Gasteiger partial charge in [-0.2, -0.15) is 0 Å². The number of carboxylic acid groups (broad SMARTS) is 1. The lowest BCUT2D eigenvalue weighted by Gasteiger charge is -2.27. The Morgan fingerprint density at radius 1 is 1.22 bits per heavy atom. The Balaban J connectivity index is 4.21. The predicted octanol–water partition coefficient (Wildman–Crippen LogP) is -0.531. The van der Waals surface area contributed by atoms with Crippen LogP contribution < -0.4 is 16.4 Å². The third-order valence-corrected chi connectivity index (χ3v) is 1.91. The molecule has 0 aliphatic rings. The smallest absolute Gasteiger partial charge is 0.407 e. The van der Waals surface area contributed by atoms with Crippen LogP contribution in [-0.2, 0) is 4.74 Å². The second-order valence-corrected chi connectivity index (χ2v) is 4.94. The standard InChI is InChI=1S/C10H21N3O5/c1-9(2,3)18-8(16)13-6-10(17,4-11)5-12-7(14)15/h12,17H,4-6,11H2,1-3H3,(H,13,16)(H,14,15). The predicted molar refractivity (Wildman–Crippen MR) is 64.3 cm³/mol. The lowest BCUT2D eigenvalue weighted by molar-refractivity contribution is 0.0292. The van der Waals surface area contributed by atoms with Gasteiger partial charge in [-0.1, -0.05) is 0 Å². The molecule has 0 aromatic rings. The molecule has 0 radical (unpaired) electrons. The van der Waals surface area contributed by atoms with Crippen LogP contribution in [0, 0.1) is 0 Å².